The fraction of sp³-hybridized carbons (Fsp3) is 0.810. The predicted molar refractivity (Wildman–Crippen MR) is 102 cm³/mol. The van der Waals surface area contributed by atoms with Crippen LogP contribution in [0.4, 0.5) is 0 Å². The van der Waals surface area contributed by atoms with Crippen LogP contribution in [0.3, 0.4) is 0 Å². The van der Waals surface area contributed by atoms with E-state index in [2.05, 4.69) is 6.92 Å². The molecule has 1 saturated carbocycles. The quantitative estimate of drug-likeness (QED) is 0.339. The van der Waals surface area contributed by atoms with Crippen molar-refractivity contribution >= 4 is 11.8 Å². The van der Waals surface area contributed by atoms with Gasteiger partial charge < -0.3 is 15.3 Å². The maximum absolute atomic E-state index is 12.2. The predicted octanol–water partition coefficient (Wildman–Crippen LogP) is 3.87. The van der Waals surface area contributed by atoms with Crippen molar-refractivity contribution in [3.8, 4) is 0 Å². The number of carboxylic acids is 1. The number of hydrogen-bond acceptors (Lipinski definition) is 4. The van der Waals surface area contributed by atoms with E-state index in [4.69, 9.17) is 5.11 Å². The van der Waals surface area contributed by atoms with E-state index in [1.807, 2.05) is 19.1 Å². The average Bonchev–Trinajstić information content (AvgIpc) is 2.82. The lowest BCUT2D eigenvalue weighted by Gasteiger charge is -2.22. The van der Waals surface area contributed by atoms with Gasteiger partial charge in [0, 0.05) is 24.7 Å². The van der Waals surface area contributed by atoms with Crippen molar-refractivity contribution in [3.05, 3.63) is 12.2 Å². The molecule has 0 aromatic carbocycles. The molecule has 4 unspecified atom stereocenters. The molecule has 0 aromatic heterocycles. The number of carbonyl (C=O) groups excluding carboxylic acids is 1. The summed E-state index contributed by atoms with van der Waals surface area (Å²) < 4.78 is 0. The molecule has 0 aliphatic heterocycles. The molecule has 0 bridgehead atoms. The Morgan fingerprint density at radius 3 is 2.58 bits per heavy atom. The van der Waals surface area contributed by atoms with Crippen LogP contribution in [0.2, 0.25) is 0 Å². The number of Topliss-reactive ketones (excluding diaryl/α,β-unsaturated/α-hetero) is 1. The highest BCUT2D eigenvalue weighted by Gasteiger charge is 2.39. The summed E-state index contributed by atoms with van der Waals surface area (Å²) in [6.45, 7) is 3.93. The van der Waals surface area contributed by atoms with Gasteiger partial charge in [-0.05, 0) is 32.6 Å². The summed E-state index contributed by atoms with van der Waals surface area (Å²) in [5.41, 5.74) is -0.736. The molecule has 5 heteroatoms. The molecular weight excluding hydrogens is 332 g/mol. The van der Waals surface area contributed by atoms with Gasteiger partial charge >= 0.3 is 5.97 Å². The van der Waals surface area contributed by atoms with E-state index >= 15 is 0 Å². The normalized spacial score (nSPS) is 25.7. The third-order valence-corrected chi connectivity index (χ3v) is 5.37. The summed E-state index contributed by atoms with van der Waals surface area (Å²) in [6, 6.07) is 0. The summed E-state index contributed by atoms with van der Waals surface area (Å²) in [6.07, 6.45) is 11.0. The van der Waals surface area contributed by atoms with E-state index in [-0.39, 0.29) is 30.5 Å². The molecule has 0 radical (unpaired) electrons. The van der Waals surface area contributed by atoms with Crippen molar-refractivity contribution in [1.29, 1.82) is 0 Å². The first kappa shape index (κ1) is 22.8. The summed E-state index contributed by atoms with van der Waals surface area (Å²) >= 11 is 0. The second kappa shape index (κ2) is 11.5. The van der Waals surface area contributed by atoms with Crippen LogP contribution in [0.25, 0.3) is 0 Å². The van der Waals surface area contributed by atoms with E-state index in [1.165, 1.54) is 0 Å². The van der Waals surface area contributed by atoms with Crippen molar-refractivity contribution in [2.24, 2.45) is 11.8 Å². The zero-order valence-corrected chi connectivity index (χ0v) is 16.3. The molecule has 5 nitrogen and oxygen atoms in total. The number of rotatable bonds is 13. The van der Waals surface area contributed by atoms with Gasteiger partial charge in [-0.1, -0.05) is 51.2 Å². The summed E-state index contributed by atoms with van der Waals surface area (Å²) in [4.78, 5) is 22.7. The van der Waals surface area contributed by atoms with Gasteiger partial charge in [-0.3, -0.25) is 9.59 Å². The van der Waals surface area contributed by atoms with Crippen LogP contribution in [-0.4, -0.2) is 38.8 Å². The third-order valence-electron chi connectivity index (χ3n) is 5.37. The van der Waals surface area contributed by atoms with E-state index in [9.17, 15) is 19.8 Å². The maximum atomic E-state index is 12.2. The molecule has 0 aromatic rings. The Labute approximate surface area is 157 Å². The van der Waals surface area contributed by atoms with E-state index in [1.54, 1.807) is 0 Å². The molecule has 0 spiro atoms. The fourth-order valence-electron chi connectivity index (χ4n) is 3.72. The minimum atomic E-state index is -0.765. The van der Waals surface area contributed by atoms with Crippen LogP contribution in [0.5, 0.6) is 0 Å². The Kier molecular flexibility index (Phi) is 10.1. The van der Waals surface area contributed by atoms with E-state index in [0.29, 0.717) is 12.8 Å². The van der Waals surface area contributed by atoms with Crippen molar-refractivity contribution in [1.82, 2.24) is 0 Å². The maximum Gasteiger partial charge on any atom is 0.303 e. The molecule has 1 aliphatic carbocycles. The van der Waals surface area contributed by atoms with E-state index in [0.717, 1.165) is 44.9 Å². The fourth-order valence-corrected chi connectivity index (χ4v) is 3.72. The Bertz CT molecular complexity index is 469. The molecule has 0 heterocycles. The van der Waals surface area contributed by atoms with Gasteiger partial charge in [-0.2, -0.15) is 0 Å². The van der Waals surface area contributed by atoms with Gasteiger partial charge in [0.25, 0.3) is 0 Å². The van der Waals surface area contributed by atoms with Crippen LogP contribution in [0.1, 0.15) is 84.5 Å². The van der Waals surface area contributed by atoms with E-state index < -0.39 is 17.7 Å². The van der Waals surface area contributed by atoms with Crippen LogP contribution in [-0.2, 0) is 9.59 Å². The monoisotopic (exact) mass is 368 g/mol. The highest BCUT2D eigenvalue weighted by Crippen LogP contribution is 2.34. The minimum absolute atomic E-state index is 0.121. The smallest absolute Gasteiger partial charge is 0.303 e. The summed E-state index contributed by atoms with van der Waals surface area (Å²) in [5.74, 6) is -0.959. The zero-order valence-electron chi connectivity index (χ0n) is 16.3. The van der Waals surface area contributed by atoms with Crippen LogP contribution < -0.4 is 0 Å². The molecule has 150 valence electrons. The van der Waals surface area contributed by atoms with Crippen LogP contribution in [0.15, 0.2) is 12.2 Å². The lowest BCUT2D eigenvalue weighted by atomic mass is 9.87. The van der Waals surface area contributed by atoms with Crippen molar-refractivity contribution in [2.45, 2.75) is 96.2 Å². The second-order valence-electron chi connectivity index (χ2n) is 8.00. The second-order valence-corrected chi connectivity index (χ2v) is 8.00. The van der Waals surface area contributed by atoms with Gasteiger partial charge in [0.1, 0.15) is 5.78 Å². The Hall–Kier alpha value is -1.20. The average molecular weight is 369 g/mol. The van der Waals surface area contributed by atoms with Gasteiger partial charge in [0.2, 0.25) is 0 Å². The molecular formula is C21H36O5. The first-order valence-electron chi connectivity index (χ1n) is 10.1. The number of aliphatic hydroxyl groups excluding tert-OH is 1. The number of aliphatic hydroxyl groups is 2. The van der Waals surface area contributed by atoms with Crippen LogP contribution >= 0.6 is 0 Å². The largest absolute Gasteiger partial charge is 0.481 e. The number of ketones is 1. The molecule has 1 rings (SSSR count). The molecule has 26 heavy (non-hydrogen) atoms. The topological polar surface area (TPSA) is 94.8 Å². The minimum Gasteiger partial charge on any atom is -0.481 e. The molecule has 0 amide bonds. The Morgan fingerprint density at radius 1 is 1.23 bits per heavy atom. The first-order chi connectivity index (χ1) is 12.3. The molecule has 0 saturated heterocycles. The lowest BCUT2D eigenvalue weighted by Crippen LogP contribution is -2.23. The van der Waals surface area contributed by atoms with Crippen LogP contribution in [0, 0.1) is 11.8 Å². The van der Waals surface area contributed by atoms with Crippen molar-refractivity contribution in [3.63, 3.8) is 0 Å². The Balaban J connectivity index is 2.44. The summed E-state index contributed by atoms with van der Waals surface area (Å²) in [7, 11) is 0. The lowest BCUT2D eigenvalue weighted by molar-refractivity contribution is -0.137. The van der Waals surface area contributed by atoms with Crippen molar-refractivity contribution < 1.29 is 24.9 Å². The Morgan fingerprint density at radius 2 is 1.92 bits per heavy atom. The van der Waals surface area contributed by atoms with Gasteiger partial charge in [-0.15, -0.1) is 0 Å². The number of unbranched alkanes of at least 4 members (excludes halogenated alkanes) is 4. The molecule has 1 fully saturated rings. The standard InChI is InChI=1S/C21H36O5/c1-3-4-13-21(2,26)14-9-11-17-16(18(22)15-19(17)23)10-7-5-6-8-12-20(24)25/h9,11,16-17,19,23,26H,3-8,10,12-15H2,1-2H3,(H,24,25). The molecule has 3 N–H and O–H groups in total. The van der Waals surface area contributed by atoms with Gasteiger partial charge in [0.05, 0.1) is 11.7 Å². The first-order valence-corrected chi connectivity index (χ1v) is 10.1. The number of aliphatic carboxylic acids is 1. The highest BCUT2D eigenvalue weighted by molar-refractivity contribution is 5.84. The number of carbonyl (C=O) groups is 2. The van der Waals surface area contributed by atoms with Gasteiger partial charge in [0.15, 0.2) is 0 Å². The number of carboxylic acid groups (broad SMARTS) is 1. The zero-order chi connectivity index (χ0) is 19.6. The van der Waals surface area contributed by atoms with Crippen molar-refractivity contribution in [2.75, 3.05) is 0 Å². The SMILES string of the molecule is CCCCC(C)(O)CC=CC1C(O)CC(=O)C1CCCCCCC(=O)O. The molecule has 1 aliphatic rings. The number of hydrogen-bond donors (Lipinski definition) is 3. The third kappa shape index (κ3) is 8.45. The summed E-state index contributed by atoms with van der Waals surface area (Å²) in [5, 5.41) is 29.2. The molecule has 4 atom stereocenters. The van der Waals surface area contributed by atoms with Gasteiger partial charge in [-0.25, -0.2) is 0 Å². The highest BCUT2D eigenvalue weighted by atomic mass is 16.4.